The monoisotopic (exact) mass is 617 g/mol. The minimum Gasteiger partial charge on any atom is -0.361 e. The average Bonchev–Trinajstić information content (AvgIpc) is 3.38. The van der Waals surface area contributed by atoms with Crippen molar-refractivity contribution in [2.75, 3.05) is 39.8 Å². The number of rotatable bonds is 9. The van der Waals surface area contributed by atoms with Crippen LogP contribution in [-0.2, 0) is 22.6 Å². The van der Waals surface area contributed by atoms with Crippen LogP contribution < -0.4 is 5.32 Å². The van der Waals surface area contributed by atoms with Crippen LogP contribution in [0.15, 0.2) is 42.6 Å². The third-order valence-corrected chi connectivity index (χ3v) is 9.60. The molecule has 0 aliphatic carbocycles. The van der Waals surface area contributed by atoms with Crippen LogP contribution in [0.25, 0.3) is 10.9 Å². The van der Waals surface area contributed by atoms with Gasteiger partial charge in [-0.05, 0) is 68.1 Å². The number of amides is 2. The van der Waals surface area contributed by atoms with Crippen LogP contribution >= 0.6 is 34.8 Å². The Morgan fingerprint density at radius 3 is 2.41 bits per heavy atom. The first kappa shape index (κ1) is 30.2. The van der Waals surface area contributed by atoms with Gasteiger partial charge < -0.3 is 20.1 Å². The third kappa shape index (κ3) is 7.57. The Bertz CT molecular complexity index is 1340. The van der Waals surface area contributed by atoms with Gasteiger partial charge >= 0.3 is 0 Å². The maximum atomic E-state index is 13.8. The predicted molar refractivity (Wildman–Crippen MR) is 167 cm³/mol. The smallest absolute Gasteiger partial charge is 0.245 e. The minimum absolute atomic E-state index is 0.134. The number of aromatic amines is 1. The van der Waals surface area contributed by atoms with Gasteiger partial charge in [0, 0.05) is 56.2 Å². The molecule has 2 aromatic carbocycles. The molecule has 0 spiro atoms. The first-order valence-electron chi connectivity index (χ1n) is 14.5. The van der Waals surface area contributed by atoms with Crippen molar-refractivity contribution in [1.29, 1.82) is 0 Å². The molecule has 2 N–H and O–H groups in total. The summed E-state index contributed by atoms with van der Waals surface area (Å²) in [4.78, 5) is 36.8. The van der Waals surface area contributed by atoms with E-state index in [4.69, 9.17) is 34.8 Å². The molecule has 2 saturated heterocycles. The number of hydrogen-bond acceptors (Lipinski definition) is 4. The van der Waals surface area contributed by atoms with E-state index in [1.165, 1.54) is 32.4 Å². The number of benzene rings is 2. The number of nitrogens with zero attached hydrogens (tertiary/aromatic N) is 3. The molecule has 220 valence electrons. The van der Waals surface area contributed by atoms with E-state index in [9.17, 15) is 9.59 Å². The zero-order valence-corrected chi connectivity index (χ0v) is 25.7. The molecule has 1 aromatic heterocycles. The Kier molecular flexibility index (Phi) is 10.1. The lowest BCUT2D eigenvalue weighted by Crippen LogP contribution is -2.52. The summed E-state index contributed by atoms with van der Waals surface area (Å²) in [5.74, 6) is -0.319. The number of aromatic nitrogens is 1. The van der Waals surface area contributed by atoms with E-state index in [1.54, 1.807) is 24.1 Å². The zero-order chi connectivity index (χ0) is 28.9. The number of H-pyrrole nitrogens is 1. The molecule has 5 rings (SSSR count). The Morgan fingerprint density at radius 2 is 1.71 bits per heavy atom. The first-order valence-corrected chi connectivity index (χ1v) is 15.6. The molecule has 2 aliphatic rings. The lowest BCUT2D eigenvalue weighted by atomic mass is 10.00. The van der Waals surface area contributed by atoms with E-state index in [0.717, 1.165) is 48.0 Å². The van der Waals surface area contributed by atoms with Crippen molar-refractivity contribution in [2.24, 2.45) is 0 Å². The molecule has 3 heterocycles. The second kappa shape index (κ2) is 13.8. The summed E-state index contributed by atoms with van der Waals surface area (Å²) >= 11 is 18.6. The zero-order valence-electron chi connectivity index (χ0n) is 23.5. The molecule has 7 nitrogen and oxygen atoms in total. The number of fused-ring (bicyclic) bond motifs is 1. The molecule has 3 aromatic rings. The van der Waals surface area contributed by atoms with Crippen molar-refractivity contribution in [3.63, 3.8) is 0 Å². The standard InChI is InChI=1S/C31H38Cl3N5O2/c1-37(19-21-15-25(32)30(34)26(33)16-21)31(41)28(17-22-18-35-27-8-4-3-7-24(22)27)36-29(40)20-38-13-9-23(10-14-38)39-11-5-2-6-12-39/h3-4,7-8,15-16,18,23,28,35H,2,5-6,9-14,17,19-20H2,1H3,(H,36,40). The van der Waals surface area contributed by atoms with E-state index >= 15 is 0 Å². The highest BCUT2D eigenvalue weighted by atomic mass is 35.5. The van der Waals surface area contributed by atoms with Gasteiger partial charge in [0.05, 0.1) is 21.6 Å². The van der Waals surface area contributed by atoms with Crippen molar-refractivity contribution in [2.45, 2.75) is 57.2 Å². The van der Waals surface area contributed by atoms with Crippen molar-refractivity contribution < 1.29 is 9.59 Å². The second-order valence-corrected chi connectivity index (χ2v) is 12.5. The minimum atomic E-state index is -0.726. The van der Waals surface area contributed by atoms with Crippen LogP contribution in [0.3, 0.4) is 0 Å². The molecule has 41 heavy (non-hydrogen) atoms. The molecule has 0 radical (unpaired) electrons. The van der Waals surface area contributed by atoms with E-state index in [0.29, 0.717) is 22.5 Å². The molecular formula is C31H38Cl3N5O2. The van der Waals surface area contributed by atoms with Crippen molar-refractivity contribution in [1.82, 2.24) is 25.0 Å². The highest BCUT2D eigenvalue weighted by Crippen LogP contribution is 2.31. The number of piperidine rings is 2. The van der Waals surface area contributed by atoms with Gasteiger partial charge in [-0.3, -0.25) is 14.5 Å². The summed E-state index contributed by atoms with van der Waals surface area (Å²) in [6.45, 7) is 4.76. The van der Waals surface area contributed by atoms with Gasteiger partial charge in [0.1, 0.15) is 6.04 Å². The number of likely N-dealkylation sites (N-methyl/N-ethyl adjacent to an activating group) is 1. The normalized spacial score (nSPS) is 18.0. The highest BCUT2D eigenvalue weighted by molar-refractivity contribution is 6.48. The van der Waals surface area contributed by atoms with Crippen molar-refractivity contribution in [3.8, 4) is 0 Å². The van der Waals surface area contributed by atoms with Gasteiger partial charge in [-0.2, -0.15) is 0 Å². The topological polar surface area (TPSA) is 71.7 Å². The van der Waals surface area contributed by atoms with Crippen molar-refractivity contribution in [3.05, 3.63) is 68.8 Å². The second-order valence-electron chi connectivity index (χ2n) is 11.4. The van der Waals surface area contributed by atoms with Gasteiger partial charge in [0.25, 0.3) is 0 Å². The van der Waals surface area contributed by atoms with Crippen LogP contribution in [0.4, 0.5) is 0 Å². The molecular weight excluding hydrogens is 581 g/mol. The number of hydrogen-bond donors (Lipinski definition) is 2. The SMILES string of the molecule is CN(Cc1cc(Cl)c(Cl)c(Cl)c1)C(=O)C(Cc1c[nH]c2ccccc12)NC(=O)CN1CCC(N2CCCCC2)CC1. The number of likely N-dealkylation sites (tertiary alicyclic amines) is 2. The maximum absolute atomic E-state index is 13.8. The Labute approximate surface area is 257 Å². The Morgan fingerprint density at radius 1 is 1.02 bits per heavy atom. The average molecular weight is 619 g/mol. The van der Waals surface area contributed by atoms with E-state index in [1.807, 2.05) is 30.5 Å². The summed E-state index contributed by atoms with van der Waals surface area (Å²) in [6, 6.07) is 11.3. The number of carbonyl (C=O) groups is 2. The number of halogens is 3. The largest absolute Gasteiger partial charge is 0.361 e. The van der Waals surface area contributed by atoms with Crippen LogP contribution in [0, 0.1) is 0 Å². The number of para-hydroxylation sites is 1. The molecule has 2 fully saturated rings. The molecule has 2 aliphatic heterocycles. The molecule has 2 amide bonds. The van der Waals surface area contributed by atoms with Gasteiger partial charge in [-0.25, -0.2) is 0 Å². The van der Waals surface area contributed by atoms with Crippen LogP contribution in [-0.4, -0.2) is 83.4 Å². The quantitative estimate of drug-likeness (QED) is 0.299. The van der Waals surface area contributed by atoms with Crippen molar-refractivity contribution >= 4 is 57.5 Å². The summed E-state index contributed by atoms with van der Waals surface area (Å²) in [5, 5.41) is 5.07. The molecule has 10 heteroatoms. The summed E-state index contributed by atoms with van der Waals surface area (Å²) < 4.78 is 0. The molecule has 0 bridgehead atoms. The van der Waals surface area contributed by atoms with Gasteiger partial charge in [-0.15, -0.1) is 0 Å². The fourth-order valence-corrected chi connectivity index (χ4v) is 6.85. The highest BCUT2D eigenvalue weighted by Gasteiger charge is 2.29. The van der Waals surface area contributed by atoms with Crippen LogP contribution in [0.2, 0.25) is 15.1 Å². The maximum Gasteiger partial charge on any atom is 0.245 e. The third-order valence-electron chi connectivity index (χ3n) is 8.40. The van der Waals surface area contributed by atoms with Crippen LogP contribution in [0.1, 0.15) is 43.2 Å². The van der Waals surface area contributed by atoms with Gasteiger partial charge in [0.15, 0.2) is 0 Å². The van der Waals surface area contributed by atoms with E-state index < -0.39 is 6.04 Å². The number of nitrogens with one attached hydrogen (secondary N) is 2. The Balaban J connectivity index is 1.25. The summed E-state index contributed by atoms with van der Waals surface area (Å²) in [5.41, 5.74) is 2.73. The lowest BCUT2D eigenvalue weighted by molar-refractivity contribution is -0.136. The van der Waals surface area contributed by atoms with E-state index in [-0.39, 0.29) is 29.9 Å². The summed E-state index contributed by atoms with van der Waals surface area (Å²) in [6.07, 6.45) is 8.38. The van der Waals surface area contributed by atoms with Crippen LogP contribution in [0.5, 0.6) is 0 Å². The molecule has 0 saturated carbocycles. The van der Waals surface area contributed by atoms with E-state index in [2.05, 4.69) is 20.1 Å². The fourth-order valence-electron chi connectivity index (χ4n) is 6.21. The Hall–Kier alpha value is -2.29. The number of carbonyl (C=O) groups excluding carboxylic acids is 2. The molecule has 1 atom stereocenters. The first-order chi connectivity index (χ1) is 19.8. The predicted octanol–water partition coefficient (Wildman–Crippen LogP) is 5.76. The van der Waals surface area contributed by atoms with Gasteiger partial charge in [0.2, 0.25) is 11.8 Å². The van der Waals surface area contributed by atoms with Gasteiger partial charge in [-0.1, -0.05) is 59.4 Å². The lowest BCUT2D eigenvalue weighted by Gasteiger charge is -2.40. The molecule has 1 unspecified atom stereocenters. The summed E-state index contributed by atoms with van der Waals surface area (Å²) in [7, 11) is 1.72. The fraction of sp³-hybridized carbons (Fsp3) is 0.484.